The molecule has 0 spiro atoms. The predicted octanol–water partition coefficient (Wildman–Crippen LogP) is 3.87. The lowest BCUT2D eigenvalue weighted by molar-refractivity contribution is 0.730. The van der Waals surface area contributed by atoms with E-state index in [1.165, 1.54) is 27.4 Å². The number of fused-ring (bicyclic) bond motifs is 4. The van der Waals surface area contributed by atoms with E-state index in [-0.39, 0.29) is 0 Å². The molecule has 19 heavy (non-hydrogen) atoms. The number of benzene rings is 1. The molecule has 2 bridgehead atoms. The highest BCUT2D eigenvalue weighted by Gasteiger charge is 2.12. The highest BCUT2D eigenvalue weighted by atomic mass is 15.0. The van der Waals surface area contributed by atoms with Crippen molar-refractivity contribution in [2.24, 2.45) is 0 Å². The van der Waals surface area contributed by atoms with E-state index in [1.807, 2.05) is 18.5 Å². The molecule has 92 valence electrons. The van der Waals surface area contributed by atoms with Gasteiger partial charge in [-0.15, -0.1) is 0 Å². The zero-order valence-corrected chi connectivity index (χ0v) is 10.6. The van der Waals surface area contributed by atoms with Crippen LogP contribution < -0.4 is 0 Å². The number of nitrogens with zero attached hydrogens (tertiary/aromatic N) is 2. The van der Waals surface area contributed by atoms with Crippen LogP contribution in [0.2, 0.25) is 0 Å². The monoisotopic (exact) mass is 246 g/mol. The first-order valence-corrected chi connectivity index (χ1v) is 6.62. The number of rotatable bonds is 0. The van der Waals surface area contributed by atoms with Crippen molar-refractivity contribution >= 4 is 21.8 Å². The Labute approximate surface area is 111 Å². The lowest BCUT2D eigenvalue weighted by atomic mass is 10.1. The molecule has 0 amide bonds. The summed E-state index contributed by atoms with van der Waals surface area (Å²) in [5, 5.41) is 2.59. The summed E-state index contributed by atoms with van der Waals surface area (Å²) in [5.74, 6) is 0. The van der Waals surface area contributed by atoms with Gasteiger partial charge < -0.3 is 4.57 Å². The van der Waals surface area contributed by atoms with Gasteiger partial charge in [0.2, 0.25) is 0 Å². The van der Waals surface area contributed by atoms with Crippen molar-refractivity contribution in [3.8, 4) is 0 Å². The van der Waals surface area contributed by atoms with E-state index in [0.717, 1.165) is 13.0 Å². The minimum Gasteiger partial charge on any atom is -0.340 e. The number of hydrogen-bond acceptors (Lipinski definition) is 1. The third kappa shape index (κ3) is 1.60. The lowest BCUT2D eigenvalue weighted by Gasteiger charge is -2.11. The van der Waals surface area contributed by atoms with E-state index < -0.39 is 0 Å². The van der Waals surface area contributed by atoms with Crippen molar-refractivity contribution in [1.29, 1.82) is 0 Å². The molecule has 4 rings (SSSR count). The summed E-state index contributed by atoms with van der Waals surface area (Å²) in [6.07, 6.45) is 4.80. The Morgan fingerprint density at radius 2 is 1.74 bits per heavy atom. The maximum absolute atomic E-state index is 4.28. The van der Waals surface area contributed by atoms with Crippen LogP contribution in [0.25, 0.3) is 21.8 Å². The molecule has 0 fully saturated rings. The van der Waals surface area contributed by atoms with Crippen LogP contribution in [-0.2, 0) is 13.0 Å². The van der Waals surface area contributed by atoms with E-state index in [9.17, 15) is 0 Å². The van der Waals surface area contributed by atoms with Crippen molar-refractivity contribution in [3.05, 3.63) is 66.5 Å². The standard InChI is InChI=1S/C17H14N2/c1-2-6-16-14(5-1)15-7-10-18-9-3-4-13-8-11-19(16)17(15)12-13/h1-7,9-10,12H,8,11H2. The summed E-state index contributed by atoms with van der Waals surface area (Å²) < 4.78 is 2.41. The van der Waals surface area contributed by atoms with Crippen LogP contribution in [0, 0.1) is 0 Å². The Morgan fingerprint density at radius 3 is 2.74 bits per heavy atom. The molecule has 0 aliphatic carbocycles. The van der Waals surface area contributed by atoms with Gasteiger partial charge in [-0.1, -0.05) is 24.3 Å². The maximum atomic E-state index is 4.28. The van der Waals surface area contributed by atoms with Crippen LogP contribution >= 0.6 is 0 Å². The van der Waals surface area contributed by atoms with Crippen LogP contribution in [0.3, 0.4) is 0 Å². The van der Waals surface area contributed by atoms with E-state index in [1.54, 1.807) is 0 Å². The van der Waals surface area contributed by atoms with Gasteiger partial charge in [-0.05, 0) is 36.2 Å². The molecule has 3 aromatic rings. The molecule has 1 aliphatic heterocycles. The van der Waals surface area contributed by atoms with Gasteiger partial charge in [-0.25, -0.2) is 0 Å². The van der Waals surface area contributed by atoms with Crippen LogP contribution in [0.4, 0.5) is 0 Å². The molecule has 2 heteroatoms. The van der Waals surface area contributed by atoms with Crippen LogP contribution in [-0.4, -0.2) is 9.55 Å². The van der Waals surface area contributed by atoms with Gasteiger partial charge in [0.15, 0.2) is 0 Å². The number of aryl methyl sites for hydroxylation is 2. The molecular formula is C17H14N2. The summed E-state index contributed by atoms with van der Waals surface area (Å²) in [7, 11) is 0. The second kappa shape index (κ2) is 4.09. The predicted molar refractivity (Wildman–Crippen MR) is 78.6 cm³/mol. The van der Waals surface area contributed by atoms with Gasteiger partial charge in [0, 0.05) is 40.7 Å². The summed E-state index contributed by atoms with van der Waals surface area (Å²) in [5.41, 5.74) is 4.00. The van der Waals surface area contributed by atoms with Crippen molar-refractivity contribution in [1.82, 2.24) is 9.55 Å². The topological polar surface area (TPSA) is 17.8 Å². The molecule has 3 heterocycles. The highest BCUT2D eigenvalue weighted by molar-refractivity contribution is 6.07. The van der Waals surface area contributed by atoms with E-state index in [0.29, 0.717) is 0 Å². The minimum atomic E-state index is 1.05. The number of aromatic nitrogens is 2. The summed E-state index contributed by atoms with van der Waals surface area (Å²) >= 11 is 0. The molecule has 2 nitrogen and oxygen atoms in total. The first-order valence-electron chi connectivity index (χ1n) is 6.62. The van der Waals surface area contributed by atoms with Gasteiger partial charge in [-0.3, -0.25) is 4.98 Å². The zero-order valence-electron chi connectivity index (χ0n) is 10.6. The Kier molecular flexibility index (Phi) is 2.27. The minimum absolute atomic E-state index is 1.05. The SMILES string of the molecule is c1cnccc2c3ccccc3n3c2cc(c1)CC3. The number of para-hydroxylation sites is 1. The largest absolute Gasteiger partial charge is 0.340 e. The molecule has 0 saturated heterocycles. The Morgan fingerprint density at radius 1 is 0.842 bits per heavy atom. The zero-order chi connectivity index (χ0) is 12.7. The molecule has 0 atom stereocenters. The molecule has 0 radical (unpaired) electrons. The second-order valence-corrected chi connectivity index (χ2v) is 4.91. The molecule has 0 N–H and O–H groups in total. The molecule has 1 aromatic carbocycles. The second-order valence-electron chi connectivity index (χ2n) is 4.91. The van der Waals surface area contributed by atoms with Crippen LogP contribution in [0.1, 0.15) is 5.56 Å². The third-order valence-electron chi connectivity index (χ3n) is 3.81. The fourth-order valence-corrected chi connectivity index (χ4v) is 2.93. The third-order valence-corrected chi connectivity index (χ3v) is 3.81. The van der Waals surface area contributed by atoms with Crippen LogP contribution in [0.15, 0.2) is 60.9 Å². The van der Waals surface area contributed by atoms with Crippen LogP contribution in [0.5, 0.6) is 0 Å². The maximum Gasteiger partial charge on any atom is 0.0494 e. The van der Waals surface area contributed by atoms with E-state index in [4.69, 9.17) is 0 Å². The summed E-state index contributed by atoms with van der Waals surface area (Å²) in [6.45, 7) is 1.05. The molecule has 1 aliphatic rings. The fourth-order valence-electron chi connectivity index (χ4n) is 2.93. The Balaban J connectivity index is 2.29. The molecule has 2 aromatic heterocycles. The molecular weight excluding hydrogens is 232 g/mol. The number of hydrogen-bond donors (Lipinski definition) is 0. The van der Waals surface area contributed by atoms with Crippen molar-refractivity contribution < 1.29 is 0 Å². The van der Waals surface area contributed by atoms with E-state index >= 15 is 0 Å². The molecule has 0 saturated carbocycles. The fraction of sp³-hybridized carbons (Fsp3) is 0.118. The highest BCUT2D eigenvalue weighted by Crippen LogP contribution is 2.30. The summed E-state index contributed by atoms with van der Waals surface area (Å²) in [6, 6.07) is 17.2. The lowest BCUT2D eigenvalue weighted by Crippen LogP contribution is -2.04. The smallest absolute Gasteiger partial charge is 0.0494 e. The van der Waals surface area contributed by atoms with E-state index in [2.05, 4.69) is 52.0 Å². The van der Waals surface area contributed by atoms with Gasteiger partial charge in [-0.2, -0.15) is 0 Å². The van der Waals surface area contributed by atoms with Gasteiger partial charge in [0.1, 0.15) is 0 Å². The average Bonchev–Trinajstić information content (AvgIpc) is 2.77. The van der Waals surface area contributed by atoms with Crippen molar-refractivity contribution in [3.63, 3.8) is 0 Å². The van der Waals surface area contributed by atoms with Gasteiger partial charge in [0.25, 0.3) is 0 Å². The normalized spacial score (nSPS) is 12.8. The molecule has 0 unspecified atom stereocenters. The first-order chi connectivity index (χ1) is 9.43. The average molecular weight is 246 g/mol. The Bertz CT molecular complexity index is 829. The van der Waals surface area contributed by atoms with Crippen molar-refractivity contribution in [2.45, 2.75) is 13.0 Å². The van der Waals surface area contributed by atoms with Gasteiger partial charge in [0.05, 0.1) is 0 Å². The summed E-state index contributed by atoms with van der Waals surface area (Å²) in [4.78, 5) is 4.28. The Hall–Kier alpha value is -2.35. The van der Waals surface area contributed by atoms with Crippen molar-refractivity contribution in [2.75, 3.05) is 0 Å². The van der Waals surface area contributed by atoms with Gasteiger partial charge >= 0.3 is 0 Å². The first kappa shape index (κ1) is 10.6. The quantitative estimate of drug-likeness (QED) is 0.588.